The Balaban J connectivity index is 1.53. The number of imidazole rings is 1. The minimum absolute atomic E-state index is 0.112. The zero-order valence-electron chi connectivity index (χ0n) is 19.9. The number of halogens is 1. The number of hydrogen-bond donors (Lipinski definition) is 4. The number of carbonyl (C=O) groups is 1. The van der Waals surface area contributed by atoms with E-state index in [2.05, 4.69) is 41.1 Å². The molecule has 1 fully saturated rings. The van der Waals surface area contributed by atoms with Gasteiger partial charge in [0.2, 0.25) is 0 Å². The van der Waals surface area contributed by atoms with Crippen molar-refractivity contribution >= 4 is 34.5 Å². The number of methoxy groups -OCH3 is 1. The maximum Gasteiger partial charge on any atom is 0.263 e. The minimum Gasteiger partial charge on any atom is -0.497 e. The van der Waals surface area contributed by atoms with Crippen LogP contribution >= 0.6 is 11.6 Å². The third kappa shape index (κ3) is 5.15. The molecule has 5 heterocycles. The minimum atomic E-state index is -0.964. The van der Waals surface area contributed by atoms with Crippen LogP contribution in [0.2, 0.25) is 5.02 Å². The van der Waals surface area contributed by atoms with Crippen LogP contribution in [0.5, 0.6) is 5.75 Å². The summed E-state index contributed by atoms with van der Waals surface area (Å²) in [7, 11) is 3.16. The number of amides is 1. The van der Waals surface area contributed by atoms with E-state index in [4.69, 9.17) is 21.1 Å². The Morgan fingerprint density at radius 2 is 2.16 bits per heavy atom. The van der Waals surface area contributed by atoms with Crippen molar-refractivity contribution in [2.45, 2.75) is 31.4 Å². The van der Waals surface area contributed by atoms with Gasteiger partial charge in [-0.2, -0.15) is 0 Å². The average Bonchev–Trinajstić information content (AvgIpc) is 3.50. The van der Waals surface area contributed by atoms with E-state index in [0.29, 0.717) is 45.7 Å². The topological polar surface area (TPSA) is 161 Å². The first-order valence-electron chi connectivity index (χ1n) is 11.3. The molecule has 0 spiro atoms. The molecule has 4 N–H and O–H groups in total. The van der Waals surface area contributed by atoms with Gasteiger partial charge in [-0.3, -0.25) is 24.8 Å². The largest absolute Gasteiger partial charge is 0.497 e. The molecule has 14 heteroatoms. The van der Waals surface area contributed by atoms with E-state index in [0.717, 1.165) is 5.69 Å². The van der Waals surface area contributed by atoms with Crippen LogP contribution in [0.1, 0.15) is 18.3 Å². The lowest BCUT2D eigenvalue weighted by atomic mass is 10.2. The van der Waals surface area contributed by atoms with Crippen LogP contribution in [-0.4, -0.2) is 66.9 Å². The van der Waals surface area contributed by atoms with Gasteiger partial charge in [0.05, 0.1) is 30.7 Å². The summed E-state index contributed by atoms with van der Waals surface area (Å²) in [4.78, 5) is 34.6. The van der Waals surface area contributed by atoms with Gasteiger partial charge in [-0.05, 0) is 12.1 Å². The number of carbonyl (C=O) groups excluding carboxylic acids is 1. The molecule has 0 bridgehead atoms. The second-order valence-corrected chi connectivity index (χ2v) is 8.65. The van der Waals surface area contributed by atoms with Crippen LogP contribution in [0.15, 0.2) is 43.1 Å². The van der Waals surface area contributed by atoms with Crippen molar-refractivity contribution in [3.8, 4) is 17.1 Å². The van der Waals surface area contributed by atoms with E-state index in [1.807, 2.05) is 6.07 Å². The maximum atomic E-state index is 12.3. The molecule has 0 aromatic carbocycles. The number of rotatable bonds is 8. The molecule has 13 nitrogen and oxygen atoms in total. The van der Waals surface area contributed by atoms with E-state index in [1.54, 1.807) is 43.3 Å². The molecule has 0 saturated carbocycles. The first-order chi connectivity index (χ1) is 18.0. The fourth-order valence-electron chi connectivity index (χ4n) is 4.02. The highest BCUT2D eigenvalue weighted by atomic mass is 35.5. The van der Waals surface area contributed by atoms with Gasteiger partial charge in [0.15, 0.2) is 29.0 Å². The lowest BCUT2D eigenvalue weighted by molar-refractivity contribution is -0.135. The van der Waals surface area contributed by atoms with Gasteiger partial charge in [-0.25, -0.2) is 20.4 Å². The average molecular weight is 526 g/mol. The lowest BCUT2D eigenvalue weighted by Crippen LogP contribution is -2.41. The fraction of sp³-hybridized carbons (Fsp3) is 0.304. The van der Waals surface area contributed by atoms with E-state index < -0.39 is 18.4 Å². The van der Waals surface area contributed by atoms with E-state index in [-0.39, 0.29) is 12.3 Å². The predicted molar refractivity (Wildman–Crippen MR) is 133 cm³/mol. The molecule has 4 aromatic heterocycles. The van der Waals surface area contributed by atoms with Crippen LogP contribution in [0.3, 0.4) is 0 Å². The zero-order valence-corrected chi connectivity index (χ0v) is 20.7. The van der Waals surface area contributed by atoms with Gasteiger partial charge in [0.25, 0.3) is 5.91 Å². The molecule has 3 atom stereocenters. The molecule has 0 aliphatic carbocycles. The SMILES string of the molecule is CNNC(=O)[C@@H]1C[C@@H](O)[C@H](n2cnc3c(NCc4cc(OC)ccn4)nc(-c4cncc(Cl)c4)nc32)O1. The van der Waals surface area contributed by atoms with E-state index in [1.165, 1.54) is 12.5 Å². The molecular weight excluding hydrogens is 502 g/mol. The van der Waals surface area contributed by atoms with Crippen molar-refractivity contribution in [3.05, 3.63) is 53.8 Å². The fourth-order valence-corrected chi connectivity index (χ4v) is 4.19. The van der Waals surface area contributed by atoms with Crippen LogP contribution in [0.25, 0.3) is 22.6 Å². The third-order valence-corrected chi connectivity index (χ3v) is 5.96. The number of aromatic nitrogens is 6. The summed E-state index contributed by atoms with van der Waals surface area (Å²) in [6.45, 7) is 0.332. The molecule has 37 heavy (non-hydrogen) atoms. The molecule has 1 aliphatic heterocycles. The van der Waals surface area contributed by atoms with Crippen molar-refractivity contribution in [3.63, 3.8) is 0 Å². The van der Waals surface area contributed by atoms with Crippen molar-refractivity contribution in [1.82, 2.24) is 40.3 Å². The number of aliphatic hydroxyl groups excluding tert-OH is 1. The van der Waals surface area contributed by atoms with Crippen LogP contribution in [0.4, 0.5) is 5.82 Å². The molecule has 4 aromatic rings. The number of ether oxygens (including phenoxy) is 2. The summed E-state index contributed by atoms with van der Waals surface area (Å²) in [6.07, 6.45) is 3.68. The molecule has 0 radical (unpaired) electrons. The summed E-state index contributed by atoms with van der Waals surface area (Å²) in [6, 6.07) is 5.27. The van der Waals surface area contributed by atoms with E-state index in [9.17, 15) is 9.90 Å². The number of nitrogens with zero attached hydrogens (tertiary/aromatic N) is 6. The third-order valence-electron chi connectivity index (χ3n) is 5.75. The molecule has 1 aliphatic rings. The Bertz CT molecular complexity index is 1430. The molecule has 192 valence electrons. The molecular formula is C23H24ClN9O4. The zero-order chi connectivity index (χ0) is 25.9. The van der Waals surface area contributed by atoms with E-state index >= 15 is 0 Å². The predicted octanol–water partition coefficient (Wildman–Crippen LogP) is 1.46. The van der Waals surface area contributed by atoms with Crippen molar-refractivity contribution in [2.75, 3.05) is 19.5 Å². The second-order valence-electron chi connectivity index (χ2n) is 8.21. The Hall–Kier alpha value is -3.91. The Kier molecular flexibility index (Phi) is 7.10. The quantitative estimate of drug-likeness (QED) is 0.246. The highest BCUT2D eigenvalue weighted by molar-refractivity contribution is 6.30. The van der Waals surface area contributed by atoms with Gasteiger partial charge in [0, 0.05) is 43.7 Å². The van der Waals surface area contributed by atoms with Crippen molar-refractivity contribution in [1.29, 1.82) is 0 Å². The Morgan fingerprint density at radius 1 is 1.30 bits per heavy atom. The second kappa shape index (κ2) is 10.6. The van der Waals surface area contributed by atoms with Crippen molar-refractivity contribution in [2.24, 2.45) is 0 Å². The van der Waals surface area contributed by atoms with Gasteiger partial charge in [0.1, 0.15) is 18.0 Å². The van der Waals surface area contributed by atoms with Gasteiger partial charge in [-0.15, -0.1) is 0 Å². The van der Waals surface area contributed by atoms with Crippen LogP contribution in [0, 0.1) is 0 Å². The summed E-state index contributed by atoms with van der Waals surface area (Å²) >= 11 is 6.16. The number of hydrogen-bond acceptors (Lipinski definition) is 11. The number of anilines is 1. The smallest absolute Gasteiger partial charge is 0.263 e. The normalized spacial score (nSPS) is 19.2. The summed E-state index contributed by atoms with van der Waals surface area (Å²) < 4.78 is 12.7. The van der Waals surface area contributed by atoms with Gasteiger partial charge < -0.3 is 19.9 Å². The molecule has 1 amide bonds. The number of nitrogens with one attached hydrogen (secondary N) is 3. The first-order valence-corrected chi connectivity index (χ1v) is 11.7. The summed E-state index contributed by atoms with van der Waals surface area (Å²) in [5.41, 5.74) is 7.20. The van der Waals surface area contributed by atoms with Gasteiger partial charge in [-0.1, -0.05) is 11.6 Å². The van der Waals surface area contributed by atoms with Crippen LogP contribution < -0.4 is 20.9 Å². The molecule has 0 unspecified atom stereocenters. The number of hydrazine groups is 1. The van der Waals surface area contributed by atoms with Crippen molar-refractivity contribution < 1.29 is 19.4 Å². The summed E-state index contributed by atoms with van der Waals surface area (Å²) in [5, 5.41) is 14.4. The van der Waals surface area contributed by atoms with Crippen LogP contribution in [-0.2, 0) is 16.1 Å². The lowest BCUT2D eigenvalue weighted by Gasteiger charge is -2.17. The van der Waals surface area contributed by atoms with Gasteiger partial charge >= 0.3 is 0 Å². The first kappa shape index (κ1) is 24.8. The highest BCUT2D eigenvalue weighted by Gasteiger charge is 2.40. The standard InChI is InChI=1S/C23H24ClN9O4/c1-25-32-22(35)17-7-16(34)23(37-17)33-11-29-18-20(28-10-14-6-15(36-2)3-4-27-14)30-19(31-21(18)33)12-5-13(24)9-26-8-12/h3-6,8-9,11,16-17,23,25,34H,7,10H2,1-2H3,(H,32,35)(H,28,30,31)/t16-,17+,23-/m1/s1. The molecule has 1 saturated heterocycles. The summed E-state index contributed by atoms with van der Waals surface area (Å²) in [5.74, 6) is 1.06. The Morgan fingerprint density at radius 3 is 2.95 bits per heavy atom. The molecule has 5 rings (SSSR count). The number of aliphatic hydroxyl groups is 1. The maximum absolute atomic E-state index is 12.3. The highest BCUT2D eigenvalue weighted by Crippen LogP contribution is 2.33. The Labute approximate surface area is 216 Å². The number of fused-ring (bicyclic) bond motifs is 1. The monoisotopic (exact) mass is 525 g/mol. The number of pyridine rings is 2.